The topological polar surface area (TPSA) is 75.4 Å². The van der Waals surface area contributed by atoms with Gasteiger partial charge in [0.15, 0.2) is 0 Å². The van der Waals surface area contributed by atoms with Crippen LogP contribution in [-0.2, 0) is 17.9 Å². The number of aromatic nitrogens is 2. The quantitative estimate of drug-likeness (QED) is 0.852. The first kappa shape index (κ1) is 16.2. The maximum Gasteiger partial charge on any atom is 0.323 e. The third kappa shape index (κ3) is 4.17. The Balaban J connectivity index is 2.21. The van der Waals surface area contributed by atoms with Crippen LogP contribution >= 0.6 is 15.9 Å². The maximum absolute atomic E-state index is 12.5. The third-order valence-corrected chi connectivity index (χ3v) is 3.57. The molecule has 1 N–H and O–H groups in total. The fraction of sp³-hybridized carbons (Fsp3) is 0.267. The zero-order valence-corrected chi connectivity index (χ0v) is 13.7. The first-order valence-electron chi connectivity index (χ1n) is 6.77. The average molecular weight is 366 g/mol. The second kappa shape index (κ2) is 7.22. The number of rotatable bonds is 6. The molecule has 0 unspecified atom stereocenters. The van der Waals surface area contributed by atoms with Gasteiger partial charge in [0.1, 0.15) is 6.54 Å². The van der Waals surface area contributed by atoms with E-state index in [2.05, 4.69) is 21.0 Å². The summed E-state index contributed by atoms with van der Waals surface area (Å²) >= 11 is 3.36. The average Bonchev–Trinajstić information content (AvgIpc) is 2.94. The first-order chi connectivity index (χ1) is 10.5. The van der Waals surface area contributed by atoms with Gasteiger partial charge in [-0.05, 0) is 24.6 Å². The number of halogens is 1. The van der Waals surface area contributed by atoms with E-state index in [1.54, 1.807) is 10.9 Å². The maximum atomic E-state index is 12.5. The van der Waals surface area contributed by atoms with Gasteiger partial charge in [0.25, 0.3) is 5.91 Å². The summed E-state index contributed by atoms with van der Waals surface area (Å²) in [5.41, 5.74) is 1.24. The lowest BCUT2D eigenvalue weighted by atomic mass is 10.2. The first-order valence-corrected chi connectivity index (χ1v) is 7.57. The molecule has 1 heterocycles. The molecular formula is C15H16BrN3O3. The van der Waals surface area contributed by atoms with Crippen molar-refractivity contribution in [2.24, 2.45) is 0 Å². The van der Waals surface area contributed by atoms with E-state index in [0.29, 0.717) is 12.1 Å². The van der Waals surface area contributed by atoms with Crippen LogP contribution in [0.15, 0.2) is 41.1 Å². The Labute approximate surface area is 136 Å². The minimum atomic E-state index is -1.05. The molecule has 0 saturated heterocycles. The number of carboxylic acid groups (broad SMARTS) is 1. The highest BCUT2D eigenvalue weighted by molar-refractivity contribution is 9.10. The highest BCUT2D eigenvalue weighted by Gasteiger charge is 2.20. The van der Waals surface area contributed by atoms with Gasteiger partial charge in [-0.2, -0.15) is 5.10 Å². The Hall–Kier alpha value is -2.15. The van der Waals surface area contributed by atoms with Crippen LogP contribution in [0.3, 0.4) is 0 Å². The molecule has 0 aliphatic rings. The molecule has 1 aromatic carbocycles. The van der Waals surface area contributed by atoms with Crippen LogP contribution < -0.4 is 0 Å². The Bertz CT molecular complexity index is 684. The Morgan fingerprint density at radius 2 is 2.18 bits per heavy atom. The molecule has 116 valence electrons. The fourth-order valence-electron chi connectivity index (χ4n) is 2.05. The van der Waals surface area contributed by atoms with Crippen molar-refractivity contribution in [1.82, 2.24) is 14.7 Å². The second-order valence-electron chi connectivity index (χ2n) is 4.77. The van der Waals surface area contributed by atoms with Crippen LogP contribution in [0.25, 0.3) is 0 Å². The standard InChI is InChI=1S/C15H16BrN3O3/c1-2-19-9-12(7-17-19)15(22)18(10-14(20)21)8-11-4-3-5-13(16)6-11/h3-7,9H,2,8,10H2,1H3,(H,20,21). The summed E-state index contributed by atoms with van der Waals surface area (Å²) in [7, 11) is 0. The molecular weight excluding hydrogens is 350 g/mol. The van der Waals surface area contributed by atoms with Gasteiger partial charge in [0.2, 0.25) is 0 Å². The molecule has 22 heavy (non-hydrogen) atoms. The van der Waals surface area contributed by atoms with Crippen LogP contribution in [-0.4, -0.2) is 38.2 Å². The summed E-state index contributed by atoms with van der Waals surface area (Å²) in [6, 6.07) is 7.43. The molecule has 6 nitrogen and oxygen atoms in total. The SMILES string of the molecule is CCn1cc(C(=O)N(CC(=O)O)Cc2cccc(Br)c2)cn1. The number of carbonyl (C=O) groups excluding carboxylic acids is 1. The number of hydrogen-bond donors (Lipinski definition) is 1. The number of aliphatic carboxylic acids is 1. The second-order valence-corrected chi connectivity index (χ2v) is 5.69. The van der Waals surface area contributed by atoms with Crippen molar-refractivity contribution in [3.05, 3.63) is 52.3 Å². The minimum absolute atomic E-state index is 0.224. The van der Waals surface area contributed by atoms with Gasteiger partial charge in [0, 0.05) is 23.8 Å². The zero-order chi connectivity index (χ0) is 16.1. The molecule has 0 atom stereocenters. The summed E-state index contributed by atoms with van der Waals surface area (Å²) in [5.74, 6) is -1.40. The highest BCUT2D eigenvalue weighted by Crippen LogP contribution is 2.15. The van der Waals surface area contributed by atoms with Gasteiger partial charge in [-0.3, -0.25) is 14.3 Å². The normalized spacial score (nSPS) is 10.5. The molecule has 0 aliphatic carbocycles. The Kier molecular flexibility index (Phi) is 5.32. The summed E-state index contributed by atoms with van der Waals surface area (Å²) in [5, 5.41) is 13.1. The number of nitrogens with zero attached hydrogens (tertiary/aromatic N) is 3. The molecule has 2 rings (SSSR count). The number of carbonyl (C=O) groups is 2. The van der Waals surface area contributed by atoms with Crippen LogP contribution in [0.2, 0.25) is 0 Å². The number of carboxylic acids is 1. The monoisotopic (exact) mass is 365 g/mol. The van der Waals surface area contributed by atoms with Crippen LogP contribution in [0.4, 0.5) is 0 Å². The van der Waals surface area contributed by atoms with E-state index < -0.39 is 5.97 Å². The Morgan fingerprint density at radius 1 is 1.41 bits per heavy atom. The van der Waals surface area contributed by atoms with E-state index in [9.17, 15) is 9.59 Å². The predicted molar refractivity (Wildman–Crippen MR) is 84.4 cm³/mol. The van der Waals surface area contributed by atoms with Crippen molar-refractivity contribution < 1.29 is 14.7 Å². The smallest absolute Gasteiger partial charge is 0.323 e. The van der Waals surface area contributed by atoms with Gasteiger partial charge in [-0.25, -0.2) is 0 Å². The van der Waals surface area contributed by atoms with Crippen LogP contribution in [0.5, 0.6) is 0 Å². The van der Waals surface area contributed by atoms with Gasteiger partial charge < -0.3 is 10.0 Å². The molecule has 1 amide bonds. The summed E-state index contributed by atoms with van der Waals surface area (Å²) in [6.45, 7) is 2.43. The molecule has 7 heteroatoms. The van der Waals surface area contributed by atoms with Crippen molar-refractivity contribution >= 4 is 27.8 Å². The van der Waals surface area contributed by atoms with E-state index >= 15 is 0 Å². The van der Waals surface area contributed by atoms with Gasteiger partial charge in [-0.1, -0.05) is 28.1 Å². The largest absolute Gasteiger partial charge is 0.480 e. The number of hydrogen-bond acceptors (Lipinski definition) is 3. The number of benzene rings is 1. The van der Waals surface area contributed by atoms with Gasteiger partial charge >= 0.3 is 5.97 Å². The summed E-state index contributed by atoms with van der Waals surface area (Å²) in [4.78, 5) is 24.8. The molecule has 0 radical (unpaired) electrons. The molecule has 0 saturated carbocycles. The van der Waals surface area contributed by atoms with E-state index in [1.807, 2.05) is 31.2 Å². The molecule has 2 aromatic rings. The Morgan fingerprint density at radius 3 is 2.77 bits per heavy atom. The van der Waals surface area contributed by atoms with Crippen molar-refractivity contribution in [2.75, 3.05) is 6.54 Å². The molecule has 0 bridgehead atoms. The lowest BCUT2D eigenvalue weighted by molar-refractivity contribution is -0.137. The van der Waals surface area contributed by atoms with E-state index in [0.717, 1.165) is 10.0 Å². The lowest BCUT2D eigenvalue weighted by Gasteiger charge is -2.20. The molecule has 0 spiro atoms. The van der Waals surface area contributed by atoms with Crippen molar-refractivity contribution in [3.8, 4) is 0 Å². The van der Waals surface area contributed by atoms with E-state index in [4.69, 9.17) is 5.11 Å². The van der Waals surface area contributed by atoms with Gasteiger partial charge in [0.05, 0.1) is 11.8 Å². The van der Waals surface area contributed by atoms with Crippen molar-refractivity contribution in [2.45, 2.75) is 20.0 Å². The van der Waals surface area contributed by atoms with Crippen molar-refractivity contribution in [1.29, 1.82) is 0 Å². The van der Waals surface area contributed by atoms with Gasteiger partial charge in [-0.15, -0.1) is 0 Å². The van der Waals surface area contributed by atoms with Crippen LogP contribution in [0.1, 0.15) is 22.8 Å². The minimum Gasteiger partial charge on any atom is -0.480 e. The van der Waals surface area contributed by atoms with E-state index in [1.165, 1.54) is 11.1 Å². The summed E-state index contributed by atoms with van der Waals surface area (Å²) < 4.78 is 2.51. The summed E-state index contributed by atoms with van der Waals surface area (Å²) in [6.07, 6.45) is 3.08. The fourth-order valence-corrected chi connectivity index (χ4v) is 2.49. The molecule has 1 aromatic heterocycles. The zero-order valence-electron chi connectivity index (χ0n) is 12.1. The molecule has 0 aliphatic heterocycles. The highest BCUT2D eigenvalue weighted by atomic mass is 79.9. The predicted octanol–water partition coefficient (Wildman–Crippen LogP) is 2.39. The van der Waals surface area contributed by atoms with E-state index in [-0.39, 0.29) is 19.0 Å². The molecule has 0 fully saturated rings. The number of amides is 1. The third-order valence-electron chi connectivity index (χ3n) is 3.08. The van der Waals surface area contributed by atoms with Crippen LogP contribution in [0, 0.1) is 0 Å². The number of aryl methyl sites for hydroxylation is 1. The van der Waals surface area contributed by atoms with Crippen molar-refractivity contribution in [3.63, 3.8) is 0 Å². The lowest BCUT2D eigenvalue weighted by Crippen LogP contribution is -2.35.